The fourth-order valence-corrected chi connectivity index (χ4v) is 3.15. The highest BCUT2D eigenvalue weighted by Crippen LogP contribution is 2.55. The summed E-state index contributed by atoms with van der Waals surface area (Å²) in [6.45, 7) is 6.19. The number of unbranched alkanes of at least 4 members (excludes halogenated alkanes) is 2. The average molecular weight is 573 g/mol. The van der Waals surface area contributed by atoms with Gasteiger partial charge in [0.1, 0.15) is 0 Å². The summed E-state index contributed by atoms with van der Waals surface area (Å²) < 4.78 is 124. The van der Waals surface area contributed by atoms with Gasteiger partial charge in [0.25, 0.3) is 0 Å². The van der Waals surface area contributed by atoms with E-state index in [0.717, 1.165) is 0 Å². The second-order valence-electron chi connectivity index (χ2n) is 9.25. The maximum atomic E-state index is 14.6. The molecule has 0 aliphatic rings. The molecule has 0 aliphatic carbocycles. The molecule has 2 atom stereocenters. The number of hydrogen-bond donors (Lipinski definition) is 3. The second kappa shape index (κ2) is 15.1. The quantitative estimate of drug-likeness (QED) is 0.0469. The van der Waals surface area contributed by atoms with Gasteiger partial charge in [-0.1, -0.05) is 32.9 Å². The summed E-state index contributed by atoms with van der Waals surface area (Å²) in [4.78, 5) is 12.1. The van der Waals surface area contributed by atoms with Crippen molar-refractivity contribution in [3.05, 3.63) is 24.3 Å². The fraction of sp³-hybridized carbons (Fsp3) is 0.792. The average Bonchev–Trinajstić information content (AvgIpc) is 2.82. The first-order chi connectivity index (χ1) is 17.3. The highest BCUT2D eigenvalue weighted by Gasteiger charge is 2.79. The van der Waals surface area contributed by atoms with Crippen molar-refractivity contribution in [2.75, 3.05) is 26.4 Å². The van der Waals surface area contributed by atoms with Crippen LogP contribution in [-0.4, -0.2) is 77.7 Å². The van der Waals surface area contributed by atoms with Crippen LogP contribution in [0.2, 0.25) is 0 Å². The molecule has 2 unspecified atom stereocenters. The number of ether oxygens (including phenoxy) is 2. The Labute approximate surface area is 216 Å². The lowest BCUT2D eigenvalue weighted by Gasteiger charge is -2.38. The van der Waals surface area contributed by atoms with E-state index in [4.69, 9.17) is 19.7 Å². The van der Waals surface area contributed by atoms with Crippen LogP contribution >= 0.6 is 0 Å². The molecule has 0 rings (SSSR count). The molecule has 3 N–H and O–H groups in total. The molecule has 0 aromatic rings. The Kier molecular flexibility index (Phi) is 14.4. The first kappa shape index (κ1) is 36.2. The van der Waals surface area contributed by atoms with Crippen molar-refractivity contribution >= 4 is 5.97 Å². The third-order valence-electron chi connectivity index (χ3n) is 5.65. The zero-order chi connectivity index (χ0) is 29.9. The van der Waals surface area contributed by atoms with Gasteiger partial charge in [0.15, 0.2) is 6.29 Å². The zero-order valence-corrected chi connectivity index (χ0v) is 21.3. The van der Waals surface area contributed by atoms with Crippen LogP contribution in [-0.2, 0) is 14.3 Å². The third kappa shape index (κ3) is 9.76. The van der Waals surface area contributed by atoms with Gasteiger partial charge >= 0.3 is 29.7 Å². The first-order valence-corrected chi connectivity index (χ1v) is 11.8. The predicted octanol–water partition coefficient (Wildman–Crippen LogP) is 5.12. The SMILES string of the molecule is C=C(CC(CO)CO)C(=O)OCC(COC(O)C(=C)C)CC(F)(F)C(F)(F)C(F)(F)C(F)(F)CCCCC. The number of carbonyl (C=O) groups excluding carboxylic acids is 1. The van der Waals surface area contributed by atoms with Gasteiger partial charge in [-0.2, -0.15) is 35.1 Å². The van der Waals surface area contributed by atoms with E-state index < -0.39 is 93.5 Å². The summed E-state index contributed by atoms with van der Waals surface area (Å²) in [5.41, 5.74) is -0.376. The number of esters is 1. The molecule has 0 fully saturated rings. The zero-order valence-electron chi connectivity index (χ0n) is 21.3. The summed E-state index contributed by atoms with van der Waals surface area (Å²) in [6.07, 6.45) is -6.29. The molecular weight excluding hydrogens is 536 g/mol. The summed E-state index contributed by atoms with van der Waals surface area (Å²) >= 11 is 0. The number of aliphatic hydroxyl groups excluding tert-OH is 3. The molecule has 6 nitrogen and oxygen atoms in total. The molecule has 38 heavy (non-hydrogen) atoms. The van der Waals surface area contributed by atoms with Crippen molar-refractivity contribution in [2.24, 2.45) is 11.8 Å². The van der Waals surface area contributed by atoms with E-state index in [9.17, 15) is 45.0 Å². The topological polar surface area (TPSA) is 96.2 Å². The summed E-state index contributed by atoms with van der Waals surface area (Å²) in [5.74, 6) is -28.1. The van der Waals surface area contributed by atoms with Crippen LogP contribution in [0.3, 0.4) is 0 Å². The van der Waals surface area contributed by atoms with Crippen LogP contribution in [0.4, 0.5) is 35.1 Å². The van der Waals surface area contributed by atoms with E-state index in [1.807, 2.05) is 0 Å². The maximum absolute atomic E-state index is 14.6. The number of carbonyl (C=O) groups is 1. The highest BCUT2D eigenvalue weighted by atomic mass is 19.4. The monoisotopic (exact) mass is 572 g/mol. The molecule has 224 valence electrons. The molecule has 0 saturated carbocycles. The van der Waals surface area contributed by atoms with Crippen LogP contribution in [0.15, 0.2) is 24.3 Å². The van der Waals surface area contributed by atoms with Gasteiger partial charge in [0.05, 0.1) is 13.2 Å². The minimum atomic E-state index is -6.51. The Morgan fingerprint density at radius 3 is 1.87 bits per heavy atom. The normalized spacial score (nSPS) is 14.9. The largest absolute Gasteiger partial charge is 0.462 e. The smallest absolute Gasteiger partial charge is 0.378 e. The Hall–Kier alpha value is -1.77. The van der Waals surface area contributed by atoms with Crippen molar-refractivity contribution in [1.29, 1.82) is 0 Å². The van der Waals surface area contributed by atoms with E-state index in [2.05, 4.69) is 13.2 Å². The number of halogens is 8. The minimum absolute atomic E-state index is 0.00783. The molecule has 0 aromatic carbocycles. The lowest BCUT2D eigenvalue weighted by Crippen LogP contribution is -2.62. The molecule has 0 radical (unpaired) electrons. The maximum Gasteiger partial charge on any atom is 0.378 e. The molecule has 14 heteroatoms. The Morgan fingerprint density at radius 1 is 0.868 bits per heavy atom. The van der Waals surface area contributed by atoms with Gasteiger partial charge < -0.3 is 24.8 Å². The fourth-order valence-electron chi connectivity index (χ4n) is 3.15. The van der Waals surface area contributed by atoms with Gasteiger partial charge in [0.2, 0.25) is 0 Å². The minimum Gasteiger partial charge on any atom is -0.462 e. The number of aliphatic hydroxyl groups is 3. The van der Waals surface area contributed by atoms with Crippen LogP contribution < -0.4 is 0 Å². The van der Waals surface area contributed by atoms with Crippen LogP contribution in [0.1, 0.15) is 52.4 Å². The predicted molar refractivity (Wildman–Crippen MR) is 121 cm³/mol. The second-order valence-corrected chi connectivity index (χ2v) is 9.25. The van der Waals surface area contributed by atoms with Gasteiger partial charge in [-0.25, -0.2) is 4.79 Å². The molecule has 0 aliphatic heterocycles. The van der Waals surface area contributed by atoms with E-state index >= 15 is 0 Å². The van der Waals surface area contributed by atoms with Crippen LogP contribution in [0.25, 0.3) is 0 Å². The molecule has 0 aromatic heterocycles. The van der Waals surface area contributed by atoms with E-state index in [-0.39, 0.29) is 30.4 Å². The summed E-state index contributed by atoms with van der Waals surface area (Å²) in [6, 6.07) is 0. The summed E-state index contributed by atoms with van der Waals surface area (Å²) in [7, 11) is 0. The van der Waals surface area contributed by atoms with Gasteiger partial charge in [-0.15, -0.1) is 0 Å². The Bertz CT molecular complexity index is 771. The molecule has 0 amide bonds. The van der Waals surface area contributed by atoms with Crippen molar-refractivity contribution in [2.45, 2.75) is 82.4 Å². The Balaban J connectivity index is 5.79. The van der Waals surface area contributed by atoms with Gasteiger partial charge in [0, 0.05) is 43.5 Å². The van der Waals surface area contributed by atoms with Crippen LogP contribution in [0.5, 0.6) is 0 Å². The Morgan fingerprint density at radius 2 is 1.39 bits per heavy atom. The number of alkyl halides is 8. The standard InChI is InChI=1S/C24H36F8O6/c1-5-6-7-8-21(25,26)23(29,30)24(31,32)22(27,28)10-18(13-37-19(35)15(2)3)14-38-20(36)16(4)9-17(11-33)12-34/h17-19,33-35H,2,4-14H2,1,3H3. The first-order valence-electron chi connectivity index (χ1n) is 11.8. The van der Waals surface area contributed by atoms with Crippen molar-refractivity contribution in [3.8, 4) is 0 Å². The van der Waals surface area contributed by atoms with Crippen molar-refractivity contribution in [1.82, 2.24) is 0 Å². The number of hydrogen-bond acceptors (Lipinski definition) is 6. The lowest BCUT2D eigenvalue weighted by atomic mass is 9.90. The highest BCUT2D eigenvalue weighted by molar-refractivity contribution is 5.87. The van der Waals surface area contributed by atoms with Crippen molar-refractivity contribution < 1.29 is 64.7 Å². The molecular formula is C24H36F8O6. The molecule has 0 bridgehead atoms. The molecule has 0 saturated heterocycles. The third-order valence-corrected chi connectivity index (χ3v) is 5.65. The number of rotatable bonds is 20. The van der Waals surface area contributed by atoms with E-state index in [0.29, 0.717) is 0 Å². The molecule has 0 heterocycles. The van der Waals surface area contributed by atoms with E-state index in [1.165, 1.54) is 13.8 Å². The molecule has 0 spiro atoms. The van der Waals surface area contributed by atoms with Crippen molar-refractivity contribution in [3.63, 3.8) is 0 Å². The van der Waals surface area contributed by atoms with Gasteiger partial charge in [-0.05, 0) is 25.3 Å². The summed E-state index contributed by atoms with van der Waals surface area (Å²) in [5, 5.41) is 27.8. The van der Waals surface area contributed by atoms with Gasteiger partial charge in [-0.3, -0.25) is 0 Å². The van der Waals surface area contributed by atoms with E-state index in [1.54, 1.807) is 0 Å². The van der Waals surface area contributed by atoms with Crippen LogP contribution in [0, 0.1) is 11.8 Å². The lowest BCUT2D eigenvalue weighted by molar-refractivity contribution is -0.370.